The number of carbonyl (C=O) groups is 3. The number of imide groups is 1. The van der Waals surface area contributed by atoms with Gasteiger partial charge in [0.1, 0.15) is 5.54 Å². The van der Waals surface area contributed by atoms with Gasteiger partial charge in [-0.2, -0.15) is 0 Å². The van der Waals surface area contributed by atoms with Crippen molar-refractivity contribution in [2.75, 3.05) is 11.9 Å². The molecule has 1 saturated heterocycles. The second kappa shape index (κ2) is 6.82. The Morgan fingerprint density at radius 1 is 1.30 bits per heavy atom. The summed E-state index contributed by atoms with van der Waals surface area (Å²) in [7, 11) is 0. The Kier molecular flexibility index (Phi) is 4.35. The zero-order valence-electron chi connectivity index (χ0n) is 14.6. The third-order valence-corrected chi connectivity index (χ3v) is 5.02. The van der Waals surface area contributed by atoms with Gasteiger partial charge in [0.25, 0.3) is 5.91 Å². The highest BCUT2D eigenvalue weighted by Crippen LogP contribution is 2.35. The summed E-state index contributed by atoms with van der Waals surface area (Å²) >= 11 is 0. The Morgan fingerprint density at radius 3 is 2.85 bits per heavy atom. The van der Waals surface area contributed by atoms with Gasteiger partial charge < -0.3 is 15.1 Å². The molecule has 1 saturated carbocycles. The molecule has 9 heteroatoms. The van der Waals surface area contributed by atoms with Gasteiger partial charge in [0.15, 0.2) is 0 Å². The van der Waals surface area contributed by atoms with E-state index in [1.54, 1.807) is 24.3 Å². The predicted molar refractivity (Wildman–Crippen MR) is 94.4 cm³/mol. The molecule has 1 aliphatic heterocycles. The van der Waals surface area contributed by atoms with Crippen LogP contribution in [-0.4, -0.2) is 45.0 Å². The van der Waals surface area contributed by atoms with Gasteiger partial charge in [-0.1, -0.05) is 18.9 Å². The average Bonchev–Trinajstić information content (AvgIpc) is 3.38. The topological polar surface area (TPSA) is 117 Å². The van der Waals surface area contributed by atoms with Crippen molar-refractivity contribution in [3.05, 3.63) is 30.7 Å². The first-order chi connectivity index (χ1) is 13.1. The van der Waals surface area contributed by atoms with Gasteiger partial charge in [-0.3, -0.25) is 14.5 Å². The van der Waals surface area contributed by atoms with E-state index in [-0.39, 0.29) is 24.8 Å². The van der Waals surface area contributed by atoms with Crippen molar-refractivity contribution in [2.24, 2.45) is 0 Å². The maximum absolute atomic E-state index is 12.6. The van der Waals surface area contributed by atoms with Crippen molar-refractivity contribution in [2.45, 2.75) is 37.6 Å². The average molecular weight is 369 g/mol. The number of hydrogen-bond acceptors (Lipinski definition) is 6. The maximum atomic E-state index is 12.6. The lowest BCUT2D eigenvalue weighted by Crippen LogP contribution is -2.44. The van der Waals surface area contributed by atoms with Crippen LogP contribution in [0.2, 0.25) is 0 Å². The van der Waals surface area contributed by atoms with Crippen LogP contribution in [0.3, 0.4) is 0 Å². The minimum absolute atomic E-state index is 0.0278. The van der Waals surface area contributed by atoms with Crippen molar-refractivity contribution < 1.29 is 18.8 Å². The van der Waals surface area contributed by atoms with Crippen LogP contribution >= 0.6 is 0 Å². The molecule has 1 aromatic carbocycles. The number of carbonyl (C=O) groups excluding carboxylic acids is 3. The zero-order chi connectivity index (χ0) is 18.9. The fraction of sp³-hybridized carbons (Fsp3) is 0.389. The first-order valence-corrected chi connectivity index (χ1v) is 8.88. The number of anilines is 1. The van der Waals surface area contributed by atoms with E-state index in [1.807, 2.05) is 0 Å². The van der Waals surface area contributed by atoms with Gasteiger partial charge in [0.2, 0.25) is 18.2 Å². The lowest BCUT2D eigenvalue weighted by Gasteiger charge is -2.19. The van der Waals surface area contributed by atoms with Crippen LogP contribution in [0.4, 0.5) is 10.5 Å². The second-order valence-corrected chi connectivity index (χ2v) is 6.80. The van der Waals surface area contributed by atoms with Gasteiger partial charge in [-0.15, -0.1) is 10.2 Å². The van der Waals surface area contributed by atoms with E-state index in [0.29, 0.717) is 30.0 Å². The quantitative estimate of drug-likeness (QED) is 0.778. The molecule has 140 valence electrons. The number of amides is 4. The molecule has 27 heavy (non-hydrogen) atoms. The summed E-state index contributed by atoms with van der Waals surface area (Å²) in [5, 5.41) is 13.0. The molecule has 2 aliphatic rings. The highest BCUT2D eigenvalue weighted by molar-refractivity contribution is 6.07. The van der Waals surface area contributed by atoms with Crippen LogP contribution in [0.25, 0.3) is 11.5 Å². The van der Waals surface area contributed by atoms with Crippen LogP contribution < -0.4 is 10.6 Å². The number of nitrogens with zero attached hydrogens (tertiary/aromatic N) is 3. The lowest BCUT2D eigenvalue weighted by molar-refractivity contribution is -0.131. The summed E-state index contributed by atoms with van der Waals surface area (Å²) in [6.45, 7) is 0.0571. The monoisotopic (exact) mass is 369 g/mol. The molecule has 0 bridgehead atoms. The number of urea groups is 1. The minimum atomic E-state index is -0.744. The van der Waals surface area contributed by atoms with E-state index in [2.05, 4.69) is 20.8 Å². The molecule has 1 aliphatic carbocycles. The SMILES string of the molecule is O=C(CCN1C(=O)NC2(CCCC2)C1=O)Nc1cccc(-c2nnco2)c1. The van der Waals surface area contributed by atoms with Gasteiger partial charge in [-0.25, -0.2) is 4.79 Å². The normalized spacial score (nSPS) is 18.1. The Hall–Kier alpha value is -3.23. The van der Waals surface area contributed by atoms with Crippen molar-refractivity contribution in [3.8, 4) is 11.5 Å². The standard InChI is InChI=1S/C18H19N5O4/c24-14(20-13-5-3-4-12(10-13)15-22-19-11-27-15)6-9-23-16(25)18(21-17(23)26)7-1-2-8-18/h3-5,10-11H,1-2,6-9H2,(H,20,24)(H,21,26). The van der Waals surface area contributed by atoms with Crippen LogP contribution in [0.5, 0.6) is 0 Å². The molecular weight excluding hydrogens is 350 g/mol. The fourth-order valence-electron chi connectivity index (χ4n) is 3.66. The van der Waals surface area contributed by atoms with Crippen molar-refractivity contribution in [3.63, 3.8) is 0 Å². The highest BCUT2D eigenvalue weighted by Gasteiger charge is 2.52. The Bertz CT molecular complexity index is 874. The molecule has 4 amide bonds. The summed E-state index contributed by atoms with van der Waals surface area (Å²) in [5.41, 5.74) is 0.508. The number of rotatable bonds is 5. The summed E-state index contributed by atoms with van der Waals surface area (Å²) < 4.78 is 5.14. The third-order valence-electron chi connectivity index (χ3n) is 5.02. The van der Waals surface area contributed by atoms with Crippen LogP contribution in [0.1, 0.15) is 32.1 Å². The first-order valence-electron chi connectivity index (χ1n) is 8.88. The van der Waals surface area contributed by atoms with E-state index in [1.165, 1.54) is 6.39 Å². The zero-order valence-corrected chi connectivity index (χ0v) is 14.6. The second-order valence-electron chi connectivity index (χ2n) is 6.80. The summed E-state index contributed by atoms with van der Waals surface area (Å²) in [4.78, 5) is 38.1. The minimum Gasteiger partial charge on any atom is -0.423 e. The van der Waals surface area contributed by atoms with Crippen molar-refractivity contribution in [1.29, 1.82) is 0 Å². The largest absolute Gasteiger partial charge is 0.423 e. The molecule has 9 nitrogen and oxygen atoms in total. The summed E-state index contributed by atoms with van der Waals surface area (Å²) in [6.07, 6.45) is 4.45. The predicted octanol–water partition coefficient (Wildman–Crippen LogP) is 1.93. The Balaban J connectivity index is 1.36. The van der Waals surface area contributed by atoms with Gasteiger partial charge in [0, 0.05) is 24.2 Å². The molecular formula is C18H19N5O4. The summed E-state index contributed by atoms with van der Waals surface area (Å²) in [5.74, 6) is -0.144. The van der Waals surface area contributed by atoms with E-state index in [4.69, 9.17) is 4.42 Å². The maximum Gasteiger partial charge on any atom is 0.325 e. The van der Waals surface area contributed by atoms with Crippen LogP contribution in [0.15, 0.2) is 35.1 Å². The summed E-state index contributed by atoms with van der Waals surface area (Å²) in [6, 6.07) is 6.59. The molecule has 2 aromatic rings. The smallest absolute Gasteiger partial charge is 0.325 e. The molecule has 0 unspecified atom stereocenters. The third kappa shape index (κ3) is 3.27. The van der Waals surface area contributed by atoms with Crippen molar-refractivity contribution in [1.82, 2.24) is 20.4 Å². The van der Waals surface area contributed by atoms with E-state index in [0.717, 1.165) is 17.7 Å². The number of hydrogen-bond donors (Lipinski definition) is 2. The van der Waals surface area contributed by atoms with Gasteiger partial charge in [-0.05, 0) is 31.0 Å². The molecule has 1 spiro atoms. The number of aromatic nitrogens is 2. The molecule has 4 rings (SSSR count). The molecule has 2 fully saturated rings. The van der Waals surface area contributed by atoms with Gasteiger partial charge >= 0.3 is 6.03 Å². The molecule has 2 N–H and O–H groups in total. The molecule has 2 heterocycles. The molecule has 0 atom stereocenters. The van der Waals surface area contributed by atoms with Gasteiger partial charge in [0.05, 0.1) is 0 Å². The Morgan fingerprint density at radius 2 is 2.11 bits per heavy atom. The molecule has 0 radical (unpaired) electrons. The van der Waals surface area contributed by atoms with Crippen LogP contribution in [0, 0.1) is 0 Å². The number of benzene rings is 1. The van der Waals surface area contributed by atoms with E-state index < -0.39 is 11.6 Å². The highest BCUT2D eigenvalue weighted by atomic mass is 16.4. The fourth-order valence-corrected chi connectivity index (χ4v) is 3.66. The molecule has 1 aromatic heterocycles. The Labute approximate surface area is 155 Å². The first kappa shape index (κ1) is 17.2. The lowest BCUT2D eigenvalue weighted by atomic mass is 9.98. The van der Waals surface area contributed by atoms with E-state index >= 15 is 0 Å². The van der Waals surface area contributed by atoms with Crippen molar-refractivity contribution >= 4 is 23.5 Å². The van der Waals surface area contributed by atoms with Crippen LogP contribution in [-0.2, 0) is 9.59 Å². The van der Waals surface area contributed by atoms with E-state index in [9.17, 15) is 14.4 Å². The number of nitrogens with one attached hydrogen (secondary N) is 2.